The van der Waals surface area contributed by atoms with Gasteiger partial charge in [-0.1, -0.05) is 33.1 Å². The Labute approximate surface area is 112 Å². The highest BCUT2D eigenvalue weighted by Gasteiger charge is 2.20. The van der Waals surface area contributed by atoms with Gasteiger partial charge < -0.3 is 5.32 Å². The van der Waals surface area contributed by atoms with Crippen LogP contribution in [0.15, 0.2) is 4.99 Å². The molecule has 4 nitrogen and oxygen atoms in total. The molecule has 1 fully saturated rings. The highest BCUT2D eigenvalue weighted by Crippen LogP contribution is 2.27. The summed E-state index contributed by atoms with van der Waals surface area (Å²) in [6, 6.07) is 0.550. The predicted octanol–water partition coefficient (Wildman–Crippen LogP) is 2.55. The van der Waals surface area contributed by atoms with E-state index in [0.29, 0.717) is 6.04 Å². The third-order valence-corrected chi connectivity index (χ3v) is 3.80. The fraction of sp³-hybridized carbons (Fsp3) is 0.929. The first-order chi connectivity index (χ1) is 8.80. The van der Waals surface area contributed by atoms with E-state index in [1.54, 1.807) is 0 Å². The molecule has 1 aliphatic rings. The van der Waals surface area contributed by atoms with Crippen LogP contribution in [0.25, 0.3) is 0 Å². The lowest BCUT2D eigenvalue weighted by molar-refractivity contribution is 0.295. The second-order valence-electron chi connectivity index (χ2n) is 5.38. The summed E-state index contributed by atoms with van der Waals surface area (Å²) in [5.41, 5.74) is 2.68. The molecule has 1 rings (SSSR count). The number of aliphatic imine (C=N–C) groups is 1. The molecule has 4 N–H and O–H groups in total. The molecule has 0 bridgehead atoms. The number of nitrogens with one attached hydrogen (secondary N) is 2. The standard InChI is InChI=1S/C14H30N4/c1-3-5-11-16-14(18-15)17-13-9-7-12(6-4-2)8-10-13/h12-13H,3-11,15H2,1-2H3,(H2,16,17,18). The second-order valence-corrected chi connectivity index (χ2v) is 5.38. The molecule has 0 aliphatic heterocycles. The van der Waals surface area contributed by atoms with E-state index in [1.165, 1.54) is 44.9 Å². The van der Waals surface area contributed by atoms with Gasteiger partial charge in [-0.15, -0.1) is 0 Å². The van der Waals surface area contributed by atoms with E-state index in [0.717, 1.165) is 24.8 Å². The van der Waals surface area contributed by atoms with Crippen LogP contribution in [-0.2, 0) is 0 Å². The van der Waals surface area contributed by atoms with Crippen molar-refractivity contribution < 1.29 is 0 Å². The maximum absolute atomic E-state index is 5.50. The van der Waals surface area contributed by atoms with Gasteiger partial charge in [-0.2, -0.15) is 0 Å². The molecule has 0 amide bonds. The lowest BCUT2D eigenvalue weighted by atomic mass is 9.83. The highest BCUT2D eigenvalue weighted by molar-refractivity contribution is 5.79. The molecule has 0 atom stereocenters. The molecule has 0 saturated heterocycles. The van der Waals surface area contributed by atoms with E-state index in [1.807, 2.05) is 0 Å². The normalized spacial score (nSPS) is 24.9. The average molecular weight is 254 g/mol. The summed E-state index contributed by atoms with van der Waals surface area (Å²) in [6.07, 6.45) is 10.2. The maximum Gasteiger partial charge on any atom is 0.205 e. The van der Waals surface area contributed by atoms with Crippen molar-refractivity contribution in [2.45, 2.75) is 71.3 Å². The molecule has 0 radical (unpaired) electrons. The third kappa shape index (κ3) is 5.71. The zero-order valence-electron chi connectivity index (χ0n) is 12.0. The van der Waals surface area contributed by atoms with E-state index < -0.39 is 0 Å². The number of unbranched alkanes of at least 4 members (excludes halogenated alkanes) is 1. The van der Waals surface area contributed by atoms with Crippen LogP contribution < -0.4 is 16.6 Å². The average Bonchev–Trinajstić information content (AvgIpc) is 2.40. The van der Waals surface area contributed by atoms with E-state index >= 15 is 0 Å². The first-order valence-electron chi connectivity index (χ1n) is 7.57. The van der Waals surface area contributed by atoms with Gasteiger partial charge in [0.25, 0.3) is 0 Å². The molecule has 0 spiro atoms. The van der Waals surface area contributed by atoms with Gasteiger partial charge in [0.15, 0.2) is 0 Å². The van der Waals surface area contributed by atoms with Crippen molar-refractivity contribution in [1.29, 1.82) is 0 Å². The Morgan fingerprint density at radius 3 is 2.44 bits per heavy atom. The number of rotatable bonds is 6. The van der Waals surface area contributed by atoms with Gasteiger partial charge in [-0.3, -0.25) is 10.4 Å². The number of guanidine groups is 1. The highest BCUT2D eigenvalue weighted by atomic mass is 15.3. The summed E-state index contributed by atoms with van der Waals surface area (Å²) in [4.78, 5) is 4.45. The van der Waals surface area contributed by atoms with Crippen molar-refractivity contribution in [3.8, 4) is 0 Å². The van der Waals surface area contributed by atoms with E-state index in [-0.39, 0.29) is 0 Å². The number of nitrogens with zero attached hydrogens (tertiary/aromatic N) is 1. The summed E-state index contributed by atoms with van der Waals surface area (Å²) in [7, 11) is 0. The van der Waals surface area contributed by atoms with Crippen molar-refractivity contribution in [1.82, 2.24) is 10.7 Å². The van der Waals surface area contributed by atoms with Gasteiger partial charge in [-0.25, -0.2) is 5.84 Å². The van der Waals surface area contributed by atoms with Crippen LogP contribution in [0.1, 0.15) is 65.2 Å². The first-order valence-corrected chi connectivity index (χ1v) is 7.57. The van der Waals surface area contributed by atoms with Crippen LogP contribution >= 0.6 is 0 Å². The minimum Gasteiger partial charge on any atom is -0.353 e. The summed E-state index contributed by atoms with van der Waals surface area (Å²) in [5, 5.41) is 3.44. The van der Waals surface area contributed by atoms with Gasteiger partial charge >= 0.3 is 0 Å². The number of hydrazine groups is 1. The summed E-state index contributed by atoms with van der Waals surface area (Å²) >= 11 is 0. The molecule has 1 saturated carbocycles. The Hall–Kier alpha value is -0.770. The van der Waals surface area contributed by atoms with Crippen molar-refractivity contribution in [3.63, 3.8) is 0 Å². The number of nitrogens with two attached hydrogens (primary N) is 1. The van der Waals surface area contributed by atoms with Gasteiger partial charge in [0.05, 0.1) is 0 Å². The van der Waals surface area contributed by atoms with Crippen LogP contribution in [0.5, 0.6) is 0 Å². The minimum absolute atomic E-state index is 0.550. The fourth-order valence-corrected chi connectivity index (χ4v) is 2.68. The van der Waals surface area contributed by atoms with Crippen LogP contribution in [-0.4, -0.2) is 18.5 Å². The molecule has 0 heterocycles. The fourth-order valence-electron chi connectivity index (χ4n) is 2.68. The molecule has 0 aromatic rings. The topological polar surface area (TPSA) is 62.4 Å². The van der Waals surface area contributed by atoms with Gasteiger partial charge in [-0.05, 0) is 38.0 Å². The van der Waals surface area contributed by atoms with Crippen molar-refractivity contribution in [2.24, 2.45) is 16.8 Å². The van der Waals surface area contributed by atoms with Crippen LogP contribution in [0.3, 0.4) is 0 Å². The third-order valence-electron chi connectivity index (χ3n) is 3.80. The molecule has 0 aromatic carbocycles. The molecular formula is C14H30N4. The number of hydrogen-bond donors (Lipinski definition) is 3. The van der Waals surface area contributed by atoms with Gasteiger partial charge in [0.2, 0.25) is 5.96 Å². The van der Waals surface area contributed by atoms with Crippen molar-refractivity contribution >= 4 is 5.96 Å². The largest absolute Gasteiger partial charge is 0.353 e. The Morgan fingerprint density at radius 2 is 1.89 bits per heavy atom. The van der Waals surface area contributed by atoms with E-state index in [9.17, 15) is 0 Å². The lowest BCUT2D eigenvalue weighted by Gasteiger charge is -2.29. The van der Waals surface area contributed by atoms with E-state index in [4.69, 9.17) is 5.84 Å². The molecule has 1 aliphatic carbocycles. The van der Waals surface area contributed by atoms with Crippen LogP contribution in [0.4, 0.5) is 0 Å². The van der Waals surface area contributed by atoms with E-state index in [2.05, 4.69) is 29.6 Å². The van der Waals surface area contributed by atoms with Crippen molar-refractivity contribution in [3.05, 3.63) is 0 Å². The Morgan fingerprint density at radius 1 is 1.17 bits per heavy atom. The Kier molecular flexibility index (Phi) is 7.81. The molecule has 18 heavy (non-hydrogen) atoms. The zero-order valence-corrected chi connectivity index (χ0v) is 12.0. The summed E-state index contributed by atoms with van der Waals surface area (Å²) in [6.45, 7) is 5.31. The molecule has 106 valence electrons. The lowest BCUT2D eigenvalue weighted by Crippen LogP contribution is -2.47. The van der Waals surface area contributed by atoms with Gasteiger partial charge in [0, 0.05) is 12.6 Å². The quantitative estimate of drug-likeness (QED) is 0.224. The Bertz CT molecular complexity index is 232. The number of hydrogen-bond acceptors (Lipinski definition) is 2. The van der Waals surface area contributed by atoms with Crippen LogP contribution in [0, 0.1) is 5.92 Å². The predicted molar refractivity (Wildman–Crippen MR) is 78.3 cm³/mol. The second kappa shape index (κ2) is 9.20. The van der Waals surface area contributed by atoms with Crippen LogP contribution in [0.2, 0.25) is 0 Å². The van der Waals surface area contributed by atoms with Crippen molar-refractivity contribution in [2.75, 3.05) is 6.54 Å². The molecule has 0 unspecified atom stereocenters. The Balaban J connectivity index is 2.27. The SMILES string of the molecule is CCCCN=C(NN)NC1CCC(CCC)CC1. The molecule has 0 aromatic heterocycles. The molecule has 4 heteroatoms. The smallest absolute Gasteiger partial charge is 0.205 e. The summed E-state index contributed by atoms with van der Waals surface area (Å²) < 4.78 is 0. The first kappa shape index (κ1) is 15.3. The van der Waals surface area contributed by atoms with Gasteiger partial charge in [0.1, 0.15) is 0 Å². The summed E-state index contributed by atoms with van der Waals surface area (Å²) in [5.74, 6) is 7.21. The minimum atomic E-state index is 0.550. The maximum atomic E-state index is 5.50. The zero-order chi connectivity index (χ0) is 13.2. The molecular weight excluding hydrogens is 224 g/mol. The monoisotopic (exact) mass is 254 g/mol.